The highest BCUT2D eigenvalue weighted by atomic mass is 32.2. The molecule has 152 valence electrons. The molecule has 5 nitrogen and oxygen atoms in total. The number of hydrogen-bond donors (Lipinski definition) is 2. The molecule has 6 heteroatoms. The fourth-order valence-corrected chi connectivity index (χ4v) is 5.06. The number of amides is 1. The van der Waals surface area contributed by atoms with E-state index < -0.39 is 18.0 Å². The van der Waals surface area contributed by atoms with Crippen LogP contribution in [-0.2, 0) is 9.53 Å². The van der Waals surface area contributed by atoms with Crippen LogP contribution in [0.1, 0.15) is 36.3 Å². The maximum absolute atomic E-state index is 12.3. The maximum Gasteiger partial charge on any atom is 0.407 e. The minimum absolute atomic E-state index is 0.00496. The van der Waals surface area contributed by atoms with E-state index in [4.69, 9.17) is 4.74 Å². The molecule has 0 aliphatic heterocycles. The molecule has 1 amide bonds. The Labute approximate surface area is 174 Å². The predicted molar refractivity (Wildman–Crippen MR) is 114 cm³/mol. The quantitative estimate of drug-likeness (QED) is 0.668. The highest BCUT2D eigenvalue weighted by molar-refractivity contribution is 8.00. The number of thioether (sulfide) groups is 1. The first kappa shape index (κ1) is 19.8. The monoisotopic (exact) mass is 411 g/mol. The topological polar surface area (TPSA) is 75.6 Å². The molecule has 0 saturated heterocycles. The van der Waals surface area contributed by atoms with E-state index in [0.717, 1.165) is 24.0 Å². The molecular weight excluding hydrogens is 386 g/mol. The van der Waals surface area contributed by atoms with Crippen LogP contribution in [0.15, 0.2) is 48.5 Å². The Bertz CT molecular complexity index is 879. The van der Waals surface area contributed by atoms with E-state index in [-0.39, 0.29) is 23.8 Å². The van der Waals surface area contributed by atoms with Crippen LogP contribution >= 0.6 is 11.8 Å². The summed E-state index contributed by atoms with van der Waals surface area (Å²) in [4.78, 5) is 23.8. The molecule has 2 aliphatic rings. The van der Waals surface area contributed by atoms with E-state index in [2.05, 4.69) is 29.6 Å². The molecule has 4 rings (SSSR count). The number of hydrogen-bond acceptors (Lipinski definition) is 4. The molecule has 2 aromatic carbocycles. The summed E-state index contributed by atoms with van der Waals surface area (Å²) < 4.78 is 5.57. The van der Waals surface area contributed by atoms with E-state index >= 15 is 0 Å². The standard InChI is InChI=1S/C23H25NO4S/c1-29-23(10-11-23)12-15(21(25)26)13-24-22(27)28-14-20-18-8-4-2-6-16(18)17-7-3-5-9-19(17)20/h2-9,15,20H,10-14H2,1H3,(H,24,27)(H,25,26). The fourth-order valence-electron chi connectivity index (χ4n) is 4.18. The molecule has 1 unspecified atom stereocenters. The van der Waals surface area contributed by atoms with Gasteiger partial charge in [-0.2, -0.15) is 11.8 Å². The van der Waals surface area contributed by atoms with Crippen molar-refractivity contribution in [3.8, 4) is 11.1 Å². The highest BCUT2D eigenvalue weighted by Gasteiger charge is 2.45. The van der Waals surface area contributed by atoms with Crippen LogP contribution in [0.4, 0.5) is 4.79 Å². The Balaban J connectivity index is 1.36. The van der Waals surface area contributed by atoms with E-state index in [0.29, 0.717) is 6.42 Å². The van der Waals surface area contributed by atoms with E-state index in [1.807, 2.05) is 30.5 Å². The second-order valence-electron chi connectivity index (χ2n) is 7.83. The molecule has 0 radical (unpaired) electrons. The molecule has 1 atom stereocenters. The van der Waals surface area contributed by atoms with Crippen LogP contribution in [0, 0.1) is 5.92 Å². The van der Waals surface area contributed by atoms with Gasteiger partial charge in [0.25, 0.3) is 0 Å². The Morgan fingerprint density at radius 3 is 2.24 bits per heavy atom. The van der Waals surface area contributed by atoms with E-state index in [1.54, 1.807) is 11.8 Å². The Hall–Kier alpha value is -2.47. The van der Waals surface area contributed by atoms with Gasteiger partial charge in [-0.15, -0.1) is 0 Å². The third kappa shape index (κ3) is 4.13. The van der Waals surface area contributed by atoms with E-state index in [9.17, 15) is 14.7 Å². The van der Waals surface area contributed by atoms with Gasteiger partial charge in [-0.25, -0.2) is 4.79 Å². The van der Waals surface area contributed by atoms with Crippen LogP contribution in [0.3, 0.4) is 0 Å². The number of carbonyl (C=O) groups is 2. The first-order chi connectivity index (χ1) is 14.0. The average molecular weight is 412 g/mol. The van der Waals surface area contributed by atoms with Crippen molar-refractivity contribution in [1.29, 1.82) is 0 Å². The number of nitrogens with one attached hydrogen (secondary N) is 1. The Morgan fingerprint density at radius 1 is 1.14 bits per heavy atom. The second-order valence-corrected chi connectivity index (χ2v) is 9.11. The second kappa shape index (κ2) is 8.11. The summed E-state index contributed by atoms with van der Waals surface area (Å²) in [5.74, 6) is -1.47. The number of rotatable bonds is 8. The molecule has 0 aromatic heterocycles. The highest BCUT2D eigenvalue weighted by Crippen LogP contribution is 2.51. The third-order valence-electron chi connectivity index (χ3n) is 6.04. The van der Waals surface area contributed by atoms with Crippen molar-refractivity contribution in [3.05, 3.63) is 59.7 Å². The lowest BCUT2D eigenvalue weighted by molar-refractivity contribution is -0.141. The summed E-state index contributed by atoms with van der Waals surface area (Å²) in [6.07, 6.45) is 4.12. The van der Waals surface area contributed by atoms with Crippen LogP contribution in [-0.4, -0.2) is 41.3 Å². The first-order valence-electron chi connectivity index (χ1n) is 9.90. The summed E-state index contributed by atoms with van der Waals surface area (Å²) in [5, 5.41) is 12.2. The zero-order valence-electron chi connectivity index (χ0n) is 16.4. The largest absolute Gasteiger partial charge is 0.481 e. The van der Waals surface area contributed by atoms with Crippen LogP contribution < -0.4 is 5.32 Å². The number of carboxylic acid groups (broad SMARTS) is 1. The summed E-state index contributed by atoms with van der Waals surface area (Å²) in [6.45, 7) is 0.320. The van der Waals surface area contributed by atoms with Gasteiger partial charge >= 0.3 is 12.1 Å². The van der Waals surface area contributed by atoms with Gasteiger partial charge in [-0.3, -0.25) is 4.79 Å². The lowest BCUT2D eigenvalue weighted by Gasteiger charge is -2.19. The van der Waals surface area contributed by atoms with Gasteiger partial charge in [0.05, 0.1) is 5.92 Å². The van der Waals surface area contributed by atoms with Crippen LogP contribution in [0.5, 0.6) is 0 Å². The number of benzene rings is 2. The zero-order chi connectivity index (χ0) is 20.4. The van der Waals surface area contributed by atoms with Crippen molar-refractivity contribution in [2.24, 2.45) is 5.92 Å². The first-order valence-corrected chi connectivity index (χ1v) is 11.1. The Kier molecular flexibility index (Phi) is 5.54. The minimum Gasteiger partial charge on any atom is -0.481 e. The number of carbonyl (C=O) groups excluding carboxylic acids is 1. The van der Waals surface area contributed by atoms with Crippen LogP contribution in [0.25, 0.3) is 11.1 Å². The number of ether oxygens (including phenoxy) is 1. The van der Waals surface area contributed by atoms with Crippen molar-refractivity contribution in [1.82, 2.24) is 5.32 Å². The molecule has 0 heterocycles. The summed E-state index contributed by atoms with van der Waals surface area (Å²) in [5.41, 5.74) is 4.66. The molecule has 2 aromatic rings. The predicted octanol–water partition coefficient (Wildman–Crippen LogP) is 4.51. The number of fused-ring (bicyclic) bond motifs is 3. The van der Waals surface area contributed by atoms with Crippen molar-refractivity contribution in [3.63, 3.8) is 0 Å². The number of carboxylic acids is 1. The average Bonchev–Trinajstić information content (AvgIpc) is 3.44. The lowest BCUT2D eigenvalue weighted by Crippen LogP contribution is -2.35. The molecule has 1 saturated carbocycles. The van der Waals surface area contributed by atoms with Crippen LogP contribution in [0.2, 0.25) is 0 Å². The maximum atomic E-state index is 12.3. The number of aliphatic carboxylic acids is 1. The van der Waals surface area contributed by atoms with Gasteiger partial charge in [-0.1, -0.05) is 48.5 Å². The molecule has 1 fully saturated rings. The summed E-state index contributed by atoms with van der Waals surface area (Å²) in [6, 6.07) is 16.3. The fraction of sp³-hybridized carbons (Fsp3) is 0.391. The molecule has 0 bridgehead atoms. The summed E-state index contributed by atoms with van der Waals surface area (Å²) >= 11 is 1.72. The zero-order valence-corrected chi connectivity index (χ0v) is 17.2. The molecule has 2 N–H and O–H groups in total. The number of alkyl carbamates (subject to hydrolysis) is 1. The normalized spacial score (nSPS) is 17.1. The van der Waals surface area contributed by atoms with Crippen molar-refractivity contribution in [2.75, 3.05) is 19.4 Å². The minimum atomic E-state index is -0.871. The molecular formula is C23H25NO4S. The van der Waals surface area contributed by atoms with Crippen molar-refractivity contribution < 1.29 is 19.4 Å². The summed E-state index contributed by atoms with van der Waals surface area (Å²) in [7, 11) is 0. The van der Waals surface area contributed by atoms with Crippen molar-refractivity contribution >= 4 is 23.8 Å². The molecule has 2 aliphatic carbocycles. The Morgan fingerprint density at radius 2 is 1.72 bits per heavy atom. The van der Waals surface area contributed by atoms with Crippen molar-refractivity contribution in [2.45, 2.75) is 29.9 Å². The van der Waals surface area contributed by atoms with Gasteiger partial charge < -0.3 is 15.2 Å². The van der Waals surface area contributed by atoms with Gasteiger partial charge in [-0.05, 0) is 47.8 Å². The molecule has 0 spiro atoms. The van der Waals surface area contributed by atoms with E-state index in [1.165, 1.54) is 11.1 Å². The lowest BCUT2D eigenvalue weighted by atomic mass is 9.98. The van der Waals surface area contributed by atoms with Gasteiger partial charge in [0.1, 0.15) is 6.61 Å². The molecule has 29 heavy (non-hydrogen) atoms. The SMILES string of the molecule is CSC1(CC(CNC(=O)OCC2c3ccccc3-c3ccccc32)C(=O)O)CC1. The van der Waals surface area contributed by atoms with Gasteiger partial charge in [0.15, 0.2) is 0 Å². The third-order valence-corrected chi connectivity index (χ3v) is 7.49. The smallest absolute Gasteiger partial charge is 0.407 e. The van der Waals surface area contributed by atoms with Gasteiger partial charge in [0, 0.05) is 17.2 Å². The van der Waals surface area contributed by atoms with Gasteiger partial charge in [0.2, 0.25) is 0 Å².